The van der Waals surface area contributed by atoms with Crippen molar-refractivity contribution < 1.29 is 8.42 Å². The molecule has 0 radical (unpaired) electrons. The fourth-order valence-electron chi connectivity index (χ4n) is 2.04. The number of halogens is 1. The van der Waals surface area contributed by atoms with Gasteiger partial charge in [0.2, 0.25) is 5.03 Å². The van der Waals surface area contributed by atoms with Crippen LogP contribution in [0.4, 0.5) is 0 Å². The Bertz CT molecular complexity index is 706. The van der Waals surface area contributed by atoms with Gasteiger partial charge in [-0.3, -0.25) is 0 Å². The van der Waals surface area contributed by atoms with Gasteiger partial charge in [-0.1, -0.05) is 42.0 Å². The van der Waals surface area contributed by atoms with Crippen LogP contribution >= 0.6 is 15.9 Å². The summed E-state index contributed by atoms with van der Waals surface area (Å²) in [5, 5.41) is 7.43. The number of hydrogen-bond donors (Lipinski definition) is 1. The van der Waals surface area contributed by atoms with Crippen molar-refractivity contribution in [2.24, 2.45) is 7.05 Å². The lowest BCUT2D eigenvalue weighted by molar-refractivity contribution is 0.534. The molecule has 0 fully saturated rings. The van der Waals surface area contributed by atoms with E-state index in [2.05, 4.69) is 31.0 Å². The Hall–Kier alpha value is -1.25. The second-order valence-electron chi connectivity index (χ2n) is 4.80. The Morgan fingerprint density at radius 3 is 2.43 bits per heavy atom. The monoisotopic (exact) mass is 372 g/mol. The van der Waals surface area contributed by atoms with E-state index in [0.717, 1.165) is 11.1 Å². The molecule has 114 valence electrons. The summed E-state index contributed by atoms with van der Waals surface area (Å²) in [7, 11) is -2.17. The van der Waals surface area contributed by atoms with Crippen molar-refractivity contribution in [2.45, 2.75) is 31.3 Å². The highest BCUT2D eigenvalue weighted by Crippen LogP contribution is 2.23. The maximum Gasteiger partial charge on any atom is 0.261 e. The lowest BCUT2D eigenvalue weighted by Crippen LogP contribution is -2.30. The minimum absolute atomic E-state index is 0.0214. The van der Waals surface area contributed by atoms with Gasteiger partial charge in [0.15, 0.2) is 4.60 Å². The summed E-state index contributed by atoms with van der Waals surface area (Å²) in [6.45, 7) is 3.93. The second-order valence-corrected chi connectivity index (χ2v) is 7.18. The summed E-state index contributed by atoms with van der Waals surface area (Å²) in [6, 6.07) is 7.50. The third-order valence-electron chi connectivity index (χ3n) is 3.18. The van der Waals surface area contributed by atoms with E-state index in [4.69, 9.17) is 0 Å². The van der Waals surface area contributed by atoms with E-state index in [1.807, 2.05) is 38.1 Å². The molecule has 0 aliphatic heterocycles. The van der Waals surface area contributed by atoms with Gasteiger partial charge in [0, 0.05) is 13.1 Å². The molecule has 6 nitrogen and oxygen atoms in total. The second kappa shape index (κ2) is 6.25. The highest BCUT2D eigenvalue weighted by atomic mass is 79.9. The van der Waals surface area contributed by atoms with Gasteiger partial charge in [0.25, 0.3) is 10.0 Å². The van der Waals surface area contributed by atoms with E-state index in [9.17, 15) is 8.42 Å². The molecule has 21 heavy (non-hydrogen) atoms. The average Bonchev–Trinajstić information content (AvgIpc) is 2.77. The Balaban J connectivity index is 2.32. The molecule has 1 heterocycles. The SMILES string of the molecule is CCC(NS(=O)(=O)c1c(Br)nnn1C)c1ccc(C)cc1. The molecule has 1 aromatic carbocycles. The quantitative estimate of drug-likeness (QED) is 0.873. The molecule has 0 saturated carbocycles. The molecule has 1 atom stereocenters. The Morgan fingerprint density at radius 1 is 1.33 bits per heavy atom. The summed E-state index contributed by atoms with van der Waals surface area (Å²) in [5.41, 5.74) is 2.06. The molecule has 0 amide bonds. The van der Waals surface area contributed by atoms with Crippen LogP contribution in [0.3, 0.4) is 0 Å². The molecule has 1 unspecified atom stereocenters. The van der Waals surface area contributed by atoms with Crippen molar-refractivity contribution in [3.05, 3.63) is 40.0 Å². The third kappa shape index (κ3) is 3.50. The van der Waals surface area contributed by atoms with Crippen LogP contribution in [-0.2, 0) is 17.1 Å². The predicted molar refractivity (Wildman–Crippen MR) is 83.2 cm³/mol. The largest absolute Gasteiger partial charge is 0.261 e. The van der Waals surface area contributed by atoms with E-state index in [0.29, 0.717) is 6.42 Å². The van der Waals surface area contributed by atoms with Gasteiger partial charge in [-0.2, -0.15) is 0 Å². The van der Waals surface area contributed by atoms with Crippen LogP contribution in [0.5, 0.6) is 0 Å². The number of nitrogens with zero attached hydrogens (tertiary/aromatic N) is 3. The van der Waals surface area contributed by atoms with Gasteiger partial charge in [-0.05, 0) is 34.8 Å². The number of aryl methyl sites for hydroxylation is 2. The molecule has 0 spiro atoms. The molecule has 2 aromatic rings. The predicted octanol–water partition coefficient (Wildman–Crippen LogP) is 2.32. The number of aromatic nitrogens is 3. The zero-order chi connectivity index (χ0) is 15.6. The van der Waals surface area contributed by atoms with Gasteiger partial charge in [0.05, 0.1) is 0 Å². The topological polar surface area (TPSA) is 76.9 Å². The van der Waals surface area contributed by atoms with Crippen LogP contribution in [0.1, 0.15) is 30.5 Å². The zero-order valence-corrected chi connectivity index (χ0v) is 14.4. The summed E-state index contributed by atoms with van der Waals surface area (Å²) >= 11 is 3.12. The van der Waals surface area contributed by atoms with Crippen molar-refractivity contribution in [1.82, 2.24) is 19.7 Å². The van der Waals surface area contributed by atoms with Crippen LogP contribution in [0.15, 0.2) is 33.9 Å². The fraction of sp³-hybridized carbons (Fsp3) is 0.385. The minimum atomic E-state index is -3.71. The highest BCUT2D eigenvalue weighted by molar-refractivity contribution is 9.10. The molecule has 1 aromatic heterocycles. The van der Waals surface area contributed by atoms with Gasteiger partial charge < -0.3 is 0 Å². The maximum atomic E-state index is 12.5. The normalized spacial score (nSPS) is 13.3. The van der Waals surface area contributed by atoms with E-state index >= 15 is 0 Å². The summed E-state index contributed by atoms with van der Waals surface area (Å²) in [5.74, 6) is 0. The average molecular weight is 373 g/mol. The van der Waals surface area contributed by atoms with E-state index in [1.165, 1.54) is 4.68 Å². The molecule has 0 aliphatic carbocycles. The molecule has 2 rings (SSSR count). The van der Waals surface area contributed by atoms with Gasteiger partial charge in [-0.25, -0.2) is 17.8 Å². The lowest BCUT2D eigenvalue weighted by Gasteiger charge is -2.17. The molecule has 0 bridgehead atoms. The van der Waals surface area contributed by atoms with Crippen molar-refractivity contribution in [3.8, 4) is 0 Å². The summed E-state index contributed by atoms with van der Waals surface area (Å²) < 4.78 is 29.1. The van der Waals surface area contributed by atoms with Crippen molar-refractivity contribution in [3.63, 3.8) is 0 Å². The van der Waals surface area contributed by atoms with Crippen LogP contribution in [0, 0.1) is 6.92 Å². The Labute approximate surface area is 132 Å². The smallest absolute Gasteiger partial charge is 0.235 e. The summed E-state index contributed by atoms with van der Waals surface area (Å²) in [4.78, 5) is 0. The third-order valence-corrected chi connectivity index (χ3v) is 5.54. The number of nitrogens with one attached hydrogen (secondary N) is 1. The molecular weight excluding hydrogens is 356 g/mol. The fourth-order valence-corrected chi connectivity index (χ4v) is 4.44. The van der Waals surface area contributed by atoms with E-state index in [-0.39, 0.29) is 15.7 Å². The molecule has 1 N–H and O–H groups in total. The van der Waals surface area contributed by atoms with Gasteiger partial charge in [-0.15, -0.1) is 5.10 Å². The van der Waals surface area contributed by atoms with Crippen LogP contribution < -0.4 is 4.72 Å². The first kappa shape index (κ1) is 16.1. The highest BCUT2D eigenvalue weighted by Gasteiger charge is 2.26. The first-order valence-electron chi connectivity index (χ1n) is 6.49. The Kier molecular flexibility index (Phi) is 4.80. The number of hydrogen-bond acceptors (Lipinski definition) is 4. The molecular formula is C13H17BrN4O2S. The maximum absolute atomic E-state index is 12.5. The molecule has 8 heteroatoms. The van der Waals surface area contributed by atoms with Crippen LogP contribution in [0.25, 0.3) is 0 Å². The standard InChI is InChI=1S/C13H17BrN4O2S/c1-4-11(10-7-5-9(2)6-8-10)16-21(19,20)13-12(14)15-17-18(13)3/h5-8,11,16H,4H2,1-3H3. The number of rotatable bonds is 5. The van der Waals surface area contributed by atoms with Crippen LogP contribution in [0.2, 0.25) is 0 Å². The molecule has 0 saturated heterocycles. The zero-order valence-electron chi connectivity index (χ0n) is 12.0. The first-order valence-corrected chi connectivity index (χ1v) is 8.77. The van der Waals surface area contributed by atoms with E-state index in [1.54, 1.807) is 7.05 Å². The van der Waals surface area contributed by atoms with E-state index < -0.39 is 10.0 Å². The molecule has 0 aliphatic rings. The van der Waals surface area contributed by atoms with Crippen molar-refractivity contribution >= 4 is 26.0 Å². The van der Waals surface area contributed by atoms with Crippen LogP contribution in [-0.4, -0.2) is 23.4 Å². The van der Waals surface area contributed by atoms with Gasteiger partial charge >= 0.3 is 0 Å². The number of sulfonamides is 1. The summed E-state index contributed by atoms with van der Waals surface area (Å²) in [6.07, 6.45) is 0.644. The van der Waals surface area contributed by atoms with Gasteiger partial charge in [0.1, 0.15) is 0 Å². The van der Waals surface area contributed by atoms with Crippen molar-refractivity contribution in [2.75, 3.05) is 0 Å². The lowest BCUT2D eigenvalue weighted by atomic mass is 10.0. The Morgan fingerprint density at radius 2 is 1.95 bits per heavy atom. The minimum Gasteiger partial charge on any atom is -0.235 e. The first-order chi connectivity index (χ1) is 9.85. The van der Waals surface area contributed by atoms with Crippen molar-refractivity contribution in [1.29, 1.82) is 0 Å². The number of benzene rings is 1.